The van der Waals surface area contributed by atoms with Crippen LogP contribution in [0, 0.1) is 0 Å². The molecule has 2 atom stereocenters. The number of rotatable bonds is 46. The van der Waals surface area contributed by atoms with Crippen molar-refractivity contribution in [1.82, 2.24) is 0 Å². The number of carbonyl (C=O) groups is 2. The molecule has 0 aromatic rings. The Hall–Kier alpha value is -0.990. The highest BCUT2D eigenvalue weighted by Crippen LogP contribution is 2.43. The van der Waals surface area contributed by atoms with Crippen molar-refractivity contribution >= 4 is 19.8 Å². The lowest BCUT2D eigenvalue weighted by Gasteiger charge is -2.19. The molecular formula is C46H92NO8P. The minimum absolute atomic E-state index is 0.0581. The lowest BCUT2D eigenvalue weighted by atomic mass is 10.0. The monoisotopic (exact) mass is 818 g/mol. The van der Waals surface area contributed by atoms with Crippen LogP contribution < -0.4 is 5.73 Å². The number of nitrogens with two attached hydrogens (primary N) is 1. The molecule has 10 heteroatoms. The van der Waals surface area contributed by atoms with Gasteiger partial charge in [0, 0.05) is 19.4 Å². The Morgan fingerprint density at radius 3 is 1.09 bits per heavy atom. The van der Waals surface area contributed by atoms with Crippen LogP contribution in [0.15, 0.2) is 0 Å². The van der Waals surface area contributed by atoms with Crippen molar-refractivity contribution < 1.29 is 37.6 Å². The molecule has 0 aromatic carbocycles. The Bertz CT molecular complexity index is 891. The molecule has 56 heavy (non-hydrogen) atoms. The highest BCUT2D eigenvalue weighted by Gasteiger charge is 2.26. The van der Waals surface area contributed by atoms with Crippen molar-refractivity contribution in [2.45, 2.75) is 258 Å². The fourth-order valence-corrected chi connectivity index (χ4v) is 7.93. The number of hydrogen-bond acceptors (Lipinski definition) is 8. The summed E-state index contributed by atoms with van der Waals surface area (Å²) in [5, 5.41) is 0. The molecule has 0 bridgehead atoms. The number of unbranched alkanes of at least 4 members (excludes halogenated alkanes) is 33. The van der Waals surface area contributed by atoms with Gasteiger partial charge >= 0.3 is 19.8 Å². The van der Waals surface area contributed by atoms with Gasteiger partial charge in [-0.25, -0.2) is 4.57 Å². The molecule has 0 aromatic heterocycles. The molecule has 0 heterocycles. The number of ether oxygens (including phenoxy) is 2. The third-order valence-corrected chi connectivity index (χ3v) is 11.7. The normalized spacial score (nSPS) is 13.1. The quantitative estimate of drug-likeness (QED) is 0.0350. The predicted molar refractivity (Wildman–Crippen MR) is 234 cm³/mol. The molecule has 0 aliphatic carbocycles. The smallest absolute Gasteiger partial charge is 0.462 e. The molecule has 0 amide bonds. The molecule has 9 nitrogen and oxygen atoms in total. The molecule has 0 spiro atoms. The van der Waals surface area contributed by atoms with E-state index in [-0.39, 0.29) is 38.6 Å². The molecular weight excluding hydrogens is 725 g/mol. The topological polar surface area (TPSA) is 134 Å². The van der Waals surface area contributed by atoms with Crippen LogP contribution in [0.4, 0.5) is 0 Å². The van der Waals surface area contributed by atoms with E-state index < -0.39 is 26.5 Å². The minimum atomic E-state index is -4.37. The van der Waals surface area contributed by atoms with Gasteiger partial charge < -0.3 is 20.1 Å². The van der Waals surface area contributed by atoms with Crippen LogP contribution in [0.1, 0.15) is 251 Å². The summed E-state index contributed by atoms with van der Waals surface area (Å²) in [6.07, 6.45) is 44.3. The Balaban J connectivity index is 3.94. The maximum atomic E-state index is 12.6. The van der Waals surface area contributed by atoms with Crippen molar-refractivity contribution in [2.75, 3.05) is 26.4 Å². The maximum Gasteiger partial charge on any atom is 0.472 e. The fourth-order valence-electron chi connectivity index (χ4n) is 7.17. The van der Waals surface area contributed by atoms with Crippen LogP contribution in [0.2, 0.25) is 0 Å². The summed E-state index contributed by atoms with van der Waals surface area (Å²) < 4.78 is 32.8. The van der Waals surface area contributed by atoms with Gasteiger partial charge in [-0.2, -0.15) is 0 Å². The molecule has 0 aliphatic rings. The number of hydrogen-bond donors (Lipinski definition) is 2. The second-order valence-electron chi connectivity index (χ2n) is 16.3. The molecule has 0 radical (unpaired) electrons. The summed E-state index contributed by atoms with van der Waals surface area (Å²) in [7, 11) is -4.37. The average Bonchev–Trinajstić information content (AvgIpc) is 3.18. The Kier molecular flexibility index (Phi) is 42.8. The highest BCUT2D eigenvalue weighted by molar-refractivity contribution is 7.47. The van der Waals surface area contributed by atoms with E-state index in [0.717, 1.165) is 32.1 Å². The number of phosphoric ester groups is 1. The lowest BCUT2D eigenvalue weighted by Crippen LogP contribution is -2.29. The van der Waals surface area contributed by atoms with Crippen LogP contribution in [0.5, 0.6) is 0 Å². The van der Waals surface area contributed by atoms with Crippen molar-refractivity contribution in [2.24, 2.45) is 5.73 Å². The molecule has 334 valence electrons. The van der Waals surface area contributed by atoms with Crippen LogP contribution in [0.25, 0.3) is 0 Å². The fraction of sp³-hybridized carbons (Fsp3) is 0.957. The van der Waals surface area contributed by atoms with Crippen LogP contribution in [0.3, 0.4) is 0 Å². The van der Waals surface area contributed by atoms with E-state index in [1.54, 1.807) is 0 Å². The van der Waals surface area contributed by atoms with Crippen molar-refractivity contribution in [3.05, 3.63) is 0 Å². The standard InChI is InChI=1S/C46H92NO8P/c1-3-5-7-9-11-13-15-17-18-19-20-21-22-23-24-25-26-27-29-30-32-34-36-38-45(48)52-42-44(43-54-56(50,51)53-41-40-47)55-46(49)39-37-35-33-31-28-16-14-12-10-8-6-4-2/h44H,3-43,47H2,1-2H3,(H,50,51)/t44-/m0/s1. The van der Waals surface area contributed by atoms with Crippen molar-refractivity contribution in [1.29, 1.82) is 0 Å². The zero-order valence-corrected chi connectivity index (χ0v) is 37.8. The van der Waals surface area contributed by atoms with E-state index in [9.17, 15) is 19.0 Å². The molecule has 0 rings (SSSR count). The molecule has 0 aliphatic heterocycles. The van der Waals surface area contributed by atoms with Gasteiger partial charge in [0.25, 0.3) is 0 Å². The first-order valence-electron chi connectivity index (χ1n) is 24.0. The third-order valence-electron chi connectivity index (χ3n) is 10.7. The first-order chi connectivity index (χ1) is 27.3. The van der Waals surface area contributed by atoms with Gasteiger partial charge in [0.05, 0.1) is 13.2 Å². The minimum Gasteiger partial charge on any atom is -0.462 e. The third kappa shape index (κ3) is 42.6. The summed E-state index contributed by atoms with van der Waals surface area (Å²) in [6, 6.07) is 0. The molecule has 0 saturated carbocycles. The van der Waals surface area contributed by atoms with Crippen molar-refractivity contribution in [3.63, 3.8) is 0 Å². The van der Waals surface area contributed by atoms with E-state index >= 15 is 0 Å². The Morgan fingerprint density at radius 1 is 0.464 bits per heavy atom. The Morgan fingerprint density at radius 2 is 0.768 bits per heavy atom. The van der Waals surface area contributed by atoms with Crippen LogP contribution in [-0.2, 0) is 32.7 Å². The first-order valence-corrected chi connectivity index (χ1v) is 25.5. The summed E-state index contributed by atoms with van der Waals surface area (Å²) in [4.78, 5) is 34.9. The number of esters is 2. The van der Waals surface area contributed by atoms with Gasteiger partial charge in [-0.05, 0) is 12.8 Å². The lowest BCUT2D eigenvalue weighted by molar-refractivity contribution is -0.161. The van der Waals surface area contributed by atoms with Gasteiger partial charge in [-0.15, -0.1) is 0 Å². The second kappa shape index (κ2) is 43.6. The van der Waals surface area contributed by atoms with Gasteiger partial charge in [-0.1, -0.05) is 226 Å². The zero-order chi connectivity index (χ0) is 41.1. The van der Waals surface area contributed by atoms with Crippen molar-refractivity contribution in [3.8, 4) is 0 Å². The largest absolute Gasteiger partial charge is 0.472 e. The number of phosphoric acid groups is 1. The van der Waals surface area contributed by atoms with E-state index in [1.807, 2.05) is 0 Å². The summed E-state index contributed by atoms with van der Waals surface area (Å²) in [5.74, 6) is -0.811. The SMILES string of the molecule is CCCCCCCCCCCCCCCCCCCCCCCCCC(=O)OC[C@@H](COP(=O)(O)OCCN)OC(=O)CCCCCCCCCCCCCC. The first kappa shape index (κ1) is 55.0. The van der Waals surface area contributed by atoms with E-state index in [4.69, 9.17) is 24.3 Å². The number of carbonyl (C=O) groups excluding carboxylic acids is 2. The summed E-state index contributed by atoms with van der Waals surface area (Å²) in [6.45, 7) is 3.78. The average molecular weight is 818 g/mol. The molecule has 0 saturated heterocycles. The summed E-state index contributed by atoms with van der Waals surface area (Å²) >= 11 is 0. The highest BCUT2D eigenvalue weighted by atomic mass is 31.2. The second-order valence-corrected chi connectivity index (χ2v) is 17.8. The van der Waals surface area contributed by atoms with E-state index in [0.29, 0.717) is 6.42 Å². The van der Waals surface area contributed by atoms with E-state index in [1.165, 1.54) is 186 Å². The zero-order valence-electron chi connectivity index (χ0n) is 36.9. The Labute approximate surface area is 346 Å². The van der Waals surface area contributed by atoms with Gasteiger partial charge in [0.2, 0.25) is 0 Å². The van der Waals surface area contributed by atoms with Gasteiger partial charge in [0.15, 0.2) is 6.10 Å². The molecule has 3 N–H and O–H groups in total. The van der Waals surface area contributed by atoms with Crippen LogP contribution >= 0.6 is 7.82 Å². The maximum absolute atomic E-state index is 12.6. The van der Waals surface area contributed by atoms with Gasteiger partial charge in [0.1, 0.15) is 6.61 Å². The predicted octanol–water partition coefficient (Wildman–Crippen LogP) is 14.0. The molecule has 0 fully saturated rings. The van der Waals surface area contributed by atoms with Gasteiger partial charge in [-0.3, -0.25) is 18.6 Å². The molecule has 1 unspecified atom stereocenters. The van der Waals surface area contributed by atoms with Crippen LogP contribution in [-0.4, -0.2) is 49.3 Å². The van der Waals surface area contributed by atoms with E-state index in [2.05, 4.69) is 13.8 Å². The summed E-state index contributed by atoms with van der Waals surface area (Å²) in [5.41, 5.74) is 5.35.